The number of halogens is 3. The molecule has 0 saturated carbocycles. The number of amides is 1. The second-order valence-electron chi connectivity index (χ2n) is 7.45. The van der Waals surface area contributed by atoms with Crippen LogP contribution in [0.1, 0.15) is 27.2 Å². The molecular weight excluding hydrogens is 529 g/mol. The van der Waals surface area contributed by atoms with E-state index in [0.29, 0.717) is 27.6 Å². The third kappa shape index (κ3) is 5.58. The molecule has 0 aliphatic rings. The van der Waals surface area contributed by atoms with Gasteiger partial charge < -0.3 is 10.1 Å². The second-order valence-corrected chi connectivity index (χ2v) is 9.09. The van der Waals surface area contributed by atoms with E-state index in [1.165, 1.54) is 0 Å². The normalized spacial score (nSPS) is 10.9. The lowest BCUT2D eigenvalue weighted by Crippen LogP contribution is -2.15. The Labute approximate surface area is 209 Å². The molecule has 2 aromatic heterocycles. The van der Waals surface area contributed by atoms with E-state index in [1.54, 1.807) is 27.8 Å². The monoisotopic (exact) mass is 547 g/mol. The predicted octanol–water partition coefficient (Wildman–Crippen LogP) is 6.10. The molecular formula is C23H20BrCl2N5O2. The van der Waals surface area contributed by atoms with Crippen LogP contribution in [0, 0.1) is 13.8 Å². The van der Waals surface area contributed by atoms with E-state index < -0.39 is 0 Å². The molecule has 0 radical (unpaired) electrons. The molecule has 1 amide bonds. The predicted molar refractivity (Wildman–Crippen MR) is 132 cm³/mol. The van der Waals surface area contributed by atoms with Crippen molar-refractivity contribution in [3.05, 3.63) is 91.8 Å². The maximum atomic E-state index is 12.7. The fraction of sp³-hybridized carbons (Fsp3) is 0.174. The van der Waals surface area contributed by atoms with Crippen molar-refractivity contribution in [3.63, 3.8) is 0 Å². The van der Waals surface area contributed by atoms with E-state index in [0.717, 1.165) is 21.7 Å². The van der Waals surface area contributed by atoms with Crippen LogP contribution in [0.3, 0.4) is 0 Å². The Morgan fingerprint density at radius 3 is 2.55 bits per heavy atom. The number of hydrogen-bond donors (Lipinski definition) is 1. The molecule has 7 nitrogen and oxygen atoms in total. The maximum absolute atomic E-state index is 12.7. The molecule has 0 atom stereocenters. The van der Waals surface area contributed by atoms with E-state index in [-0.39, 0.29) is 18.3 Å². The summed E-state index contributed by atoms with van der Waals surface area (Å²) in [5.41, 5.74) is 3.05. The Morgan fingerprint density at radius 1 is 1.09 bits per heavy atom. The summed E-state index contributed by atoms with van der Waals surface area (Å²) in [4.78, 5) is 12.7. The van der Waals surface area contributed by atoms with Crippen LogP contribution < -0.4 is 10.1 Å². The first-order valence-electron chi connectivity index (χ1n) is 10.0. The van der Waals surface area contributed by atoms with Gasteiger partial charge in [0, 0.05) is 22.4 Å². The van der Waals surface area contributed by atoms with Gasteiger partial charge in [-0.15, -0.1) is 0 Å². The van der Waals surface area contributed by atoms with Crippen molar-refractivity contribution in [2.45, 2.75) is 27.1 Å². The molecule has 0 saturated heterocycles. The van der Waals surface area contributed by atoms with Gasteiger partial charge in [-0.25, -0.2) is 4.68 Å². The minimum absolute atomic E-state index is 0.157. The van der Waals surface area contributed by atoms with Crippen molar-refractivity contribution in [2.75, 3.05) is 5.32 Å². The topological polar surface area (TPSA) is 74.0 Å². The first-order valence-corrected chi connectivity index (χ1v) is 11.6. The number of nitrogens with zero attached hydrogens (tertiary/aromatic N) is 4. The Kier molecular flexibility index (Phi) is 7.07. The highest BCUT2D eigenvalue weighted by Crippen LogP contribution is 2.26. The van der Waals surface area contributed by atoms with Gasteiger partial charge in [0.15, 0.2) is 18.2 Å². The fourth-order valence-electron chi connectivity index (χ4n) is 3.22. The van der Waals surface area contributed by atoms with Gasteiger partial charge in [-0.05, 0) is 70.7 Å². The molecule has 0 fully saturated rings. The number of aromatic nitrogens is 4. The zero-order valence-corrected chi connectivity index (χ0v) is 20.9. The SMILES string of the molecule is Cc1cc(OCn2ccc(C(=O)Nc3nn(Cc4ccccc4Cl)cc3Br)n2)cc(C)c1Cl. The first-order chi connectivity index (χ1) is 15.8. The molecule has 2 heterocycles. The van der Waals surface area contributed by atoms with Crippen LogP contribution in [0.15, 0.2) is 59.3 Å². The van der Waals surface area contributed by atoms with Crippen molar-refractivity contribution in [2.24, 2.45) is 0 Å². The summed E-state index contributed by atoms with van der Waals surface area (Å²) in [6, 6.07) is 12.9. The molecule has 4 aromatic rings. The van der Waals surface area contributed by atoms with Gasteiger partial charge in [0.1, 0.15) is 5.75 Å². The highest BCUT2D eigenvalue weighted by molar-refractivity contribution is 9.10. The van der Waals surface area contributed by atoms with Gasteiger partial charge in [-0.1, -0.05) is 41.4 Å². The van der Waals surface area contributed by atoms with Gasteiger partial charge in [-0.2, -0.15) is 10.2 Å². The zero-order valence-electron chi connectivity index (χ0n) is 17.8. The number of carbonyl (C=O) groups is 1. The minimum atomic E-state index is -0.379. The van der Waals surface area contributed by atoms with Crippen molar-refractivity contribution in [1.29, 1.82) is 0 Å². The van der Waals surface area contributed by atoms with Crippen LogP contribution >= 0.6 is 39.1 Å². The number of nitrogens with one attached hydrogen (secondary N) is 1. The van der Waals surface area contributed by atoms with Crippen molar-refractivity contribution in [1.82, 2.24) is 19.6 Å². The van der Waals surface area contributed by atoms with E-state index >= 15 is 0 Å². The van der Waals surface area contributed by atoms with Crippen LogP contribution in [0.5, 0.6) is 5.75 Å². The quantitative estimate of drug-likeness (QED) is 0.302. The third-order valence-corrected chi connectivity index (χ3v) is 6.43. The Bertz CT molecular complexity index is 1290. The lowest BCUT2D eigenvalue weighted by molar-refractivity contribution is 0.101. The molecule has 2 aromatic carbocycles. The summed E-state index contributed by atoms with van der Waals surface area (Å²) in [5, 5.41) is 12.9. The average Bonchev–Trinajstić information content (AvgIpc) is 3.39. The summed E-state index contributed by atoms with van der Waals surface area (Å²) < 4.78 is 9.68. The van der Waals surface area contributed by atoms with Crippen LogP contribution in [-0.2, 0) is 13.3 Å². The van der Waals surface area contributed by atoms with E-state index in [9.17, 15) is 4.79 Å². The summed E-state index contributed by atoms with van der Waals surface area (Å²) in [6.07, 6.45) is 3.46. The molecule has 170 valence electrons. The van der Waals surface area contributed by atoms with Crippen molar-refractivity contribution >= 4 is 50.9 Å². The third-order valence-electron chi connectivity index (χ3n) is 4.89. The smallest absolute Gasteiger partial charge is 0.277 e. The summed E-state index contributed by atoms with van der Waals surface area (Å²) in [7, 11) is 0. The molecule has 0 spiro atoms. The van der Waals surface area contributed by atoms with Gasteiger partial charge in [0.2, 0.25) is 0 Å². The second kappa shape index (κ2) is 9.99. The lowest BCUT2D eigenvalue weighted by atomic mass is 10.1. The Balaban J connectivity index is 1.39. The van der Waals surface area contributed by atoms with Crippen LogP contribution in [0.2, 0.25) is 10.0 Å². The van der Waals surface area contributed by atoms with Gasteiger partial charge in [0.05, 0.1) is 11.0 Å². The highest BCUT2D eigenvalue weighted by Gasteiger charge is 2.15. The van der Waals surface area contributed by atoms with Crippen LogP contribution in [0.25, 0.3) is 0 Å². The lowest BCUT2D eigenvalue weighted by Gasteiger charge is -2.10. The number of anilines is 1. The van der Waals surface area contributed by atoms with E-state index in [4.69, 9.17) is 27.9 Å². The summed E-state index contributed by atoms with van der Waals surface area (Å²) in [6.45, 7) is 4.48. The van der Waals surface area contributed by atoms with E-state index in [2.05, 4.69) is 31.4 Å². The Morgan fingerprint density at radius 2 is 1.82 bits per heavy atom. The average molecular weight is 549 g/mol. The number of hydrogen-bond acceptors (Lipinski definition) is 4. The number of carbonyl (C=O) groups excluding carboxylic acids is 1. The van der Waals surface area contributed by atoms with Crippen molar-refractivity contribution < 1.29 is 9.53 Å². The standard InChI is InChI=1S/C23H20BrCl2N5O2/c1-14-9-17(10-15(2)21(14)26)33-13-30-8-7-20(28-30)23(32)27-22-18(24)12-31(29-22)11-16-5-3-4-6-19(16)25/h3-10,12H,11,13H2,1-2H3,(H,27,29,32). The maximum Gasteiger partial charge on any atom is 0.277 e. The number of benzene rings is 2. The molecule has 1 N–H and O–H groups in total. The van der Waals surface area contributed by atoms with Gasteiger partial charge >= 0.3 is 0 Å². The molecule has 10 heteroatoms. The number of rotatable bonds is 7. The van der Waals surface area contributed by atoms with Gasteiger partial charge in [0.25, 0.3) is 5.91 Å². The molecule has 33 heavy (non-hydrogen) atoms. The molecule has 0 aliphatic heterocycles. The Hall–Kier alpha value is -2.81. The van der Waals surface area contributed by atoms with Crippen LogP contribution in [0.4, 0.5) is 5.82 Å². The molecule has 0 bridgehead atoms. The fourth-order valence-corrected chi connectivity index (χ4v) is 3.94. The van der Waals surface area contributed by atoms with Gasteiger partial charge in [-0.3, -0.25) is 9.48 Å². The zero-order chi connectivity index (χ0) is 23.5. The largest absolute Gasteiger partial charge is 0.471 e. The van der Waals surface area contributed by atoms with Crippen LogP contribution in [-0.4, -0.2) is 25.5 Å². The molecule has 0 aliphatic carbocycles. The molecule has 0 unspecified atom stereocenters. The van der Waals surface area contributed by atoms with Crippen molar-refractivity contribution in [3.8, 4) is 5.75 Å². The molecule has 4 rings (SSSR count). The number of aryl methyl sites for hydroxylation is 2. The van der Waals surface area contributed by atoms with E-state index in [1.807, 2.05) is 50.2 Å². The number of ether oxygens (including phenoxy) is 1. The summed E-state index contributed by atoms with van der Waals surface area (Å²) in [5.74, 6) is 0.699. The highest BCUT2D eigenvalue weighted by atomic mass is 79.9. The summed E-state index contributed by atoms with van der Waals surface area (Å²) >= 11 is 15.9. The minimum Gasteiger partial charge on any atom is -0.471 e. The first kappa shape index (κ1) is 23.4.